The van der Waals surface area contributed by atoms with E-state index in [0.29, 0.717) is 24.3 Å². The van der Waals surface area contributed by atoms with Gasteiger partial charge in [-0.1, -0.05) is 0 Å². The topological polar surface area (TPSA) is 79.6 Å². The lowest BCUT2D eigenvalue weighted by Gasteiger charge is -2.23. The van der Waals surface area contributed by atoms with Crippen LogP contribution in [0.5, 0.6) is 0 Å². The summed E-state index contributed by atoms with van der Waals surface area (Å²) in [5.74, 6) is 0.603. The fraction of sp³-hybridized carbons (Fsp3) is 0.353. The molecule has 1 aliphatic heterocycles. The molecule has 7 heteroatoms. The molecule has 1 N–H and O–H groups in total. The molecule has 0 atom stereocenters. The minimum Gasteiger partial charge on any atom is -0.468 e. The van der Waals surface area contributed by atoms with E-state index in [1.54, 1.807) is 36.6 Å². The van der Waals surface area contributed by atoms with E-state index in [-0.39, 0.29) is 23.4 Å². The van der Waals surface area contributed by atoms with Gasteiger partial charge >= 0.3 is 0 Å². The second kappa shape index (κ2) is 5.75. The summed E-state index contributed by atoms with van der Waals surface area (Å²) in [6.45, 7) is 0.244. The molecule has 0 spiro atoms. The zero-order chi connectivity index (χ0) is 16.7. The lowest BCUT2D eigenvalue weighted by atomic mass is 10.0. The Morgan fingerprint density at radius 2 is 2.04 bits per heavy atom. The Balaban J connectivity index is 1.66. The summed E-state index contributed by atoms with van der Waals surface area (Å²) >= 11 is 0. The van der Waals surface area contributed by atoms with Crippen molar-refractivity contribution in [1.29, 1.82) is 0 Å². The third-order valence-electron chi connectivity index (χ3n) is 4.42. The molecule has 126 valence electrons. The summed E-state index contributed by atoms with van der Waals surface area (Å²) in [6.07, 6.45) is 4.25. The standard InChI is InChI=1S/C17H18N2O4S/c20-17-8-3-12-10-15(6-7-16(12)18-17)24(21,22)19(13-4-5-13)11-14-2-1-9-23-14/h1-2,6-7,9-10,13H,3-5,8,11H2,(H,18,20). The molecule has 6 nitrogen and oxygen atoms in total. The van der Waals surface area contributed by atoms with Gasteiger partial charge in [-0.05, 0) is 55.2 Å². The van der Waals surface area contributed by atoms with Gasteiger partial charge in [0.2, 0.25) is 15.9 Å². The van der Waals surface area contributed by atoms with E-state index in [0.717, 1.165) is 18.4 Å². The van der Waals surface area contributed by atoms with Crippen molar-refractivity contribution in [3.05, 3.63) is 47.9 Å². The van der Waals surface area contributed by atoms with Gasteiger partial charge in [0.15, 0.2) is 0 Å². The van der Waals surface area contributed by atoms with Crippen LogP contribution in [0.1, 0.15) is 30.6 Å². The molecule has 0 unspecified atom stereocenters. The predicted octanol–water partition coefficient (Wildman–Crippen LogP) is 2.52. The van der Waals surface area contributed by atoms with E-state index in [1.807, 2.05) is 0 Å². The number of benzene rings is 1. The van der Waals surface area contributed by atoms with Crippen molar-refractivity contribution in [3.63, 3.8) is 0 Å². The minimum absolute atomic E-state index is 0.0319. The van der Waals surface area contributed by atoms with Crippen molar-refractivity contribution in [2.45, 2.75) is 43.2 Å². The Bertz CT molecular complexity index is 870. The summed E-state index contributed by atoms with van der Waals surface area (Å²) in [5, 5.41) is 2.78. The molecular formula is C17H18N2O4S. The Kier molecular flexibility index (Phi) is 3.69. The first-order chi connectivity index (χ1) is 11.5. The monoisotopic (exact) mass is 346 g/mol. The molecule has 4 rings (SSSR count). The van der Waals surface area contributed by atoms with Crippen LogP contribution in [-0.2, 0) is 27.8 Å². The fourth-order valence-electron chi connectivity index (χ4n) is 2.98. The summed E-state index contributed by atoms with van der Waals surface area (Å²) < 4.78 is 33.0. The lowest BCUT2D eigenvalue weighted by molar-refractivity contribution is -0.116. The number of fused-ring (bicyclic) bond motifs is 1. The van der Waals surface area contributed by atoms with Crippen molar-refractivity contribution in [2.75, 3.05) is 5.32 Å². The van der Waals surface area contributed by atoms with Crippen LogP contribution in [0.2, 0.25) is 0 Å². The zero-order valence-corrected chi connectivity index (χ0v) is 13.9. The van der Waals surface area contributed by atoms with Crippen molar-refractivity contribution >= 4 is 21.6 Å². The van der Waals surface area contributed by atoms with E-state index in [4.69, 9.17) is 4.42 Å². The number of aryl methyl sites for hydroxylation is 1. The molecule has 1 aromatic heterocycles. The molecular weight excluding hydrogens is 328 g/mol. The van der Waals surface area contributed by atoms with Crippen molar-refractivity contribution in [3.8, 4) is 0 Å². The summed E-state index contributed by atoms with van der Waals surface area (Å²) in [4.78, 5) is 11.7. The highest BCUT2D eigenvalue weighted by molar-refractivity contribution is 7.89. The van der Waals surface area contributed by atoms with E-state index in [2.05, 4.69) is 5.32 Å². The molecule has 2 aliphatic rings. The molecule has 24 heavy (non-hydrogen) atoms. The maximum absolute atomic E-state index is 13.1. The molecule has 1 amide bonds. The highest BCUT2D eigenvalue weighted by atomic mass is 32.2. The minimum atomic E-state index is -3.60. The normalized spacial score (nSPS) is 17.6. The number of rotatable bonds is 5. The van der Waals surface area contributed by atoms with Crippen LogP contribution in [0, 0.1) is 0 Å². The molecule has 0 saturated heterocycles. The zero-order valence-electron chi connectivity index (χ0n) is 13.1. The Morgan fingerprint density at radius 1 is 1.21 bits per heavy atom. The summed E-state index contributed by atoms with van der Waals surface area (Å²) in [7, 11) is -3.60. The molecule has 2 heterocycles. The third kappa shape index (κ3) is 2.85. The second-order valence-electron chi connectivity index (χ2n) is 6.23. The van der Waals surface area contributed by atoms with Crippen LogP contribution < -0.4 is 5.32 Å². The first-order valence-electron chi connectivity index (χ1n) is 8.01. The quantitative estimate of drug-likeness (QED) is 0.902. The van der Waals surface area contributed by atoms with Gasteiger partial charge in [0.05, 0.1) is 17.7 Å². The van der Waals surface area contributed by atoms with Crippen LogP contribution in [0.3, 0.4) is 0 Å². The first-order valence-corrected chi connectivity index (χ1v) is 9.45. The number of carbonyl (C=O) groups excluding carboxylic acids is 1. The maximum Gasteiger partial charge on any atom is 0.243 e. The highest BCUT2D eigenvalue weighted by Gasteiger charge is 2.38. The van der Waals surface area contributed by atoms with E-state index in [1.165, 1.54) is 4.31 Å². The molecule has 1 aromatic carbocycles. The van der Waals surface area contributed by atoms with Crippen molar-refractivity contribution in [1.82, 2.24) is 4.31 Å². The number of furan rings is 1. The molecule has 2 aromatic rings. The predicted molar refractivity (Wildman–Crippen MR) is 87.9 cm³/mol. The maximum atomic E-state index is 13.1. The molecule has 0 radical (unpaired) electrons. The van der Waals surface area contributed by atoms with E-state index < -0.39 is 10.0 Å². The fourth-order valence-corrected chi connectivity index (χ4v) is 4.69. The second-order valence-corrected chi connectivity index (χ2v) is 8.12. The van der Waals surface area contributed by atoms with Crippen LogP contribution in [0.15, 0.2) is 45.9 Å². The molecule has 1 saturated carbocycles. The number of amides is 1. The number of nitrogens with one attached hydrogen (secondary N) is 1. The average molecular weight is 346 g/mol. The number of carbonyl (C=O) groups is 1. The van der Waals surface area contributed by atoms with Crippen LogP contribution in [-0.4, -0.2) is 24.7 Å². The Hall–Kier alpha value is -2.12. The molecule has 1 fully saturated rings. The highest BCUT2D eigenvalue weighted by Crippen LogP contribution is 2.35. The van der Waals surface area contributed by atoms with Crippen LogP contribution in [0.25, 0.3) is 0 Å². The Morgan fingerprint density at radius 3 is 2.75 bits per heavy atom. The van der Waals surface area contributed by atoms with Gasteiger partial charge in [0.1, 0.15) is 5.76 Å². The summed E-state index contributed by atoms with van der Waals surface area (Å²) in [5.41, 5.74) is 1.57. The van der Waals surface area contributed by atoms with Gasteiger partial charge in [-0.2, -0.15) is 4.31 Å². The van der Waals surface area contributed by atoms with Gasteiger partial charge in [0.25, 0.3) is 0 Å². The van der Waals surface area contributed by atoms with E-state index in [9.17, 15) is 13.2 Å². The average Bonchev–Trinajstić information content (AvgIpc) is 3.27. The number of sulfonamides is 1. The van der Waals surface area contributed by atoms with Gasteiger partial charge < -0.3 is 9.73 Å². The van der Waals surface area contributed by atoms with Crippen molar-refractivity contribution < 1.29 is 17.6 Å². The SMILES string of the molecule is O=C1CCc2cc(S(=O)(=O)N(Cc3ccco3)C3CC3)ccc2N1. The molecule has 0 bridgehead atoms. The van der Waals surface area contributed by atoms with Gasteiger partial charge in [0, 0.05) is 18.2 Å². The van der Waals surface area contributed by atoms with Crippen LogP contribution in [0.4, 0.5) is 5.69 Å². The van der Waals surface area contributed by atoms with Crippen molar-refractivity contribution in [2.24, 2.45) is 0 Å². The van der Waals surface area contributed by atoms with Gasteiger partial charge in [-0.15, -0.1) is 0 Å². The lowest BCUT2D eigenvalue weighted by Crippen LogP contribution is -2.32. The Labute approximate surface area is 140 Å². The number of nitrogens with zero attached hydrogens (tertiary/aromatic N) is 1. The number of anilines is 1. The first kappa shape index (κ1) is 15.4. The largest absolute Gasteiger partial charge is 0.468 e. The number of hydrogen-bond acceptors (Lipinski definition) is 4. The van der Waals surface area contributed by atoms with E-state index >= 15 is 0 Å². The van der Waals surface area contributed by atoms with Crippen LogP contribution >= 0.6 is 0 Å². The van der Waals surface area contributed by atoms with Gasteiger partial charge in [-0.3, -0.25) is 4.79 Å². The number of hydrogen-bond donors (Lipinski definition) is 1. The third-order valence-corrected chi connectivity index (χ3v) is 6.32. The van der Waals surface area contributed by atoms with Gasteiger partial charge in [-0.25, -0.2) is 8.42 Å². The molecule has 1 aliphatic carbocycles. The smallest absolute Gasteiger partial charge is 0.243 e. The summed E-state index contributed by atoms with van der Waals surface area (Å²) in [6, 6.07) is 8.51.